The highest BCUT2D eigenvalue weighted by Gasteiger charge is 2.04. The summed E-state index contributed by atoms with van der Waals surface area (Å²) in [6.45, 7) is 0. The van der Waals surface area contributed by atoms with Crippen LogP contribution in [0.15, 0.2) is 30.5 Å². The third-order valence-electron chi connectivity index (χ3n) is 2.36. The highest BCUT2D eigenvalue weighted by Crippen LogP contribution is 2.29. The van der Waals surface area contributed by atoms with Crippen LogP contribution in [0.3, 0.4) is 0 Å². The van der Waals surface area contributed by atoms with Crippen LogP contribution < -0.4 is 5.73 Å². The molecule has 0 radical (unpaired) electrons. The molecule has 0 aliphatic carbocycles. The van der Waals surface area contributed by atoms with Gasteiger partial charge in [0.2, 0.25) is 0 Å². The molecule has 3 aromatic rings. The molecule has 6 heteroatoms. The molecule has 3 rings (SSSR count). The quantitative estimate of drug-likeness (QED) is 0.732. The SMILES string of the molecule is Nc1ncc(-c2ccc3nnc(Cl)cc3c2)s1. The number of hydrogen-bond donors (Lipinski definition) is 1. The second kappa shape index (κ2) is 3.94. The fourth-order valence-electron chi connectivity index (χ4n) is 1.59. The summed E-state index contributed by atoms with van der Waals surface area (Å²) >= 11 is 7.27. The first-order chi connectivity index (χ1) is 8.22. The maximum atomic E-state index is 5.82. The molecule has 0 aliphatic heterocycles. The van der Waals surface area contributed by atoms with Crippen LogP contribution in [-0.2, 0) is 0 Å². The van der Waals surface area contributed by atoms with Gasteiger partial charge in [0.05, 0.1) is 10.4 Å². The molecule has 1 aromatic carbocycles. The van der Waals surface area contributed by atoms with Gasteiger partial charge in [0.15, 0.2) is 10.3 Å². The number of thiazole rings is 1. The molecule has 0 aliphatic rings. The minimum atomic E-state index is 0.387. The van der Waals surface area contributed by atoms with E-state index in [2.05, 4.69) is 15.2 Å². The highest BCUT2D eigenvalue weighted by molar-refractivity contribution is 7.18. The summed E-state index contributed by atoms with van der Waals surface area (Å²) in [4.78, 5) is 5.06. The van der Waals surface area contributed by atoms with Crippen LogP contribution in [0, 0.1) is 0 Å². The summed E-state index contributed by atoms with van der Waals surface area (Å²) in [6.07, 6.45) is 1.76. The van der Waals surface area contributed by atoms with E-state index >= 15 is 0 Å². The Hall–Kier alpha value is -1.72. The van der Waals surface area contributed by atoms with E-state index in [-0.39, 0.29) is 0 Å². The average Bonchev–Trinajstić information content (AvgIpc) is 2.75. The lowest BCUT2D eigenvalue weighted by atomic mass is 10.1. The molecule has 0 unspecified atom stereocenters. The van der Waals surface area contributed by atoms with Gasteiger partial charge in [-0.05, 0) is 23.8 Å². The predicted molar refractivity (Wildman–Crippen MR) is 70.1 cm³/mol. The Morgan fingerprint density at radius 2 is 2.06 bits per heavy atom. The zero-order chi connectivity index (χ0) is 11.8. The van der Waals surface area contributed by atoms with Gasteiger partial charge >= 0.3 is 0 Å². The summed E-state index contributed by atoms with van der Waals surface area (Å²) in [6, 6.07) is 7.67. The first-order valence-corrected chi connectivity index (χ1v) is 6.06. The molecule has 0 bridgehead atoms. The zero-order valence-electron chi connectivity index (χ0n) is 8.59. The van der Waals surface area contributed by atoms with Crippen molar-refractivity contribution in [3.63, 3.8) is 0 Å². The van der Waals surface area contributed by atoms with E-state index in [1.165, 1.54) is 11.3 Å². The van der Waals surface area contributed by atoms with E-state index in [0.29, 0.717) is 10.3 Å². The van der Waals surface area contributed by atoms with Gasteiger partial charge in [-0.3, -0.25) is 0 Å². The molecule has 2 N–H and O–H groups in total. The van der Waals surface area contributed by atoms with Crippen molar-refractivity contribution in [3.8, 4) is 10.4 Å². The number of anilines is 1. The van der Waals surface area contributed by atoms with Gasteiger partial charge in [-0.1, -0.05) is 29.0 Å². The number of fused-ring (bicyclic) bond motifs is 1. The largest absolute Gasteiger partial charge is 0.375 e. The third-order valence-corrected chi connectivity index (χ3v) is 3.42. The Balaban J connectivity index is 2.18. The van der Waals surface area contributed by atoms with E-state index in [1.807, 2.05) is 18.2 Å². The molecule has 0 spiro atoms. The molecule has 0 fully saturated rings. The Morgan fingerprint density at radius 1 is 1.18 bits per heavy atom. The number of nitrogens with two attached hydrogens (primary N) is 1. The number of aromatic nitrogens is 3. The molecule has 0 amide bonds. The van der Waals surface area contributed by atoms with Crippen molar-refractivity contribution in [3.05, 3.63) is 35.6 Å². The molecule has 4 nitrogen and oxygen atoms in total. The van der Waals surface area contributed by atoms with E-state index in [0.717, 1.165) is 21.3 Å². The predicted octanol–water partition coefficient (Wildman–Crippen LogP) is 2.99. The van der Waals surface area contributed by atoms with E-state index < -0.39 is 0 Å². The number of halogens is 1. The number of hydrogen-bond acceptors (Lipinski definition) is 5. The first-order valence-electron chi connectivity index (χ1n) is 4.87. The monoisotopic (exact) mass is 262 g/mol. The Labute approximate surface area is 106 Å². The topological polar surface area (TPSA) is 64.7 Å². The summed E-state index contributed by atoms with van der Waals surface area (Å²) in [5, 5.41) is 9.70. The summed E-state index contributed by atoms with van der Waals surface area (Å²) in [7, 11) is 0. The maximum absolute atomic E-state index is 5.82. The van der Waals surface area contributed by atoms with Gasteiger partial charge in [-0.2, -0.15) is 0 Å². The standard InChI is InChI=1S/C11H7ClN4S/c12-10-4-7-3-6(1-2-8(7)15-16-10)9-5-14-11(13)17-9/h1-5H,(H2,13,14). The number of nitrogens with zero attached hydrogens (tertiary/aromatic N) is 3. The summed E-state index contributed by atoms with van der Waals surface area (Å²) in [5.41, 5.74) is 7.48. The average molecular weight is 263 g/mol. The van der Waals surface area contributed by atoms with E-state index in [1.54, 1.807) is 12.3 Å². The molecule has 2 heterocycles. The zero-order valence-corrected chi connectivity index (χ0v) is 10.2. The third kappa shape index (κ3) is 1.94. The maximum Gasteiger partial charge on any atom is 0.180 e. The lowest BCUT2D eigenvalue weighted by Crippen LogP contribution is -1.84. The molecule has 0 saturated heterocycles. The number of nitrogen functional groups attached to an aromatic ring is 1. The van der Waals surface area contributed by atoms with Crippen LogP contribution >= 0.6 is 22.9 Å². The van der Waals surface area contributed by atoms with Crippen LogP contribution in [0.4, 0.5) is 5.13 Å². The van der Waals surface area contributed by atoms with Crippen LogP contribution in [-0.4, -0.2) is 15.2 Å². The molecule has 2 aromatic heterocycles. The molecule has 84 valence electrons. The van der Waals surface area contributed by atoms with Crippen molar-refractivity contribution in [1.82, 2.24) is 15.2 Å². The minimum absolute atomic E-state index is 0.387. The lowest BCUT2D eigenvalue weighted by molar-refractivity contribution is 1.08. The molecular formula is C11H7ClN4S. The summed E-state index contributed by atoms with van der Waals surface area (Å²) < 4.78 is 0. The Morgan fingerprint density at radius 3 is 2.82 bits per heavy atom. The molecule has 0 atom stereocenters. The van der Waals surface area contributed by atoms with Crippen molar-refractivity contribution < 1.29 is 0 Å². The Bertz CT molecular complexity index is 695. The van der Waals surface area contributed by atoms with Crippen LogP contribution in [0.25, 0.3) is 21.3 Å². The van der Waals surface area contributed by atoms with Gasteiger partial charge in [0.25, 0.3) is 0 Å². The molecule has 17 heavy (non-hydrogen) atoms. The molecular weight excluding hydrogens is 256 g/mol. The van der Waals surface area contributed by atoms with Crippen LogP contribution in [0.5, 0.6) is 0 Å². The summed E-state index contributed by atoms with van der Waals surface area (Å²) in [5.74, 6) is 0. The van der Waals surface area contributed by atoms with E-state index in [4.69, 9.17) is 17.3 Å². The second-order valence-corrected chi connectivity index (χ2v) is 4.95. The van der Waals surface area contributed by atoms with Crippen molar-refractivity contribution in [2.45, 2.75) is 0 Å². The lowest BCUT2D eigenvalue weighted by Gasteiger charge is -2.00. The van der Waals surface area contributed by atoms with Crippen molar-refractivity contribution in [1.29, 1.82) is 0 Å². The smallest absolute Gasteiger partial charge is 0.180 e. The van der Waals surface area contributed by atoms with Crippen molar-refractivity contribution in [2.75, 3.05) is 5.73 Å². The van der Waals surface area contributed by atoms with Gasteiger partial charge in [0, 0.05) is 11.6 Å². The molecule has 0 saturated carbocycles. The van der Waals surface area contributed by atoms with Crippen molar-refractivity contribution in [2.24, 2.45) is 0 Å². The normalized spacial score (nSPS) is 10.9. The van der Waals surface area contributed by atoms with Gasteiger partial charge < -0.3 is 5.73 Å². The van der Waals surface area contributed by atoms with Gasteiger partial charge in [0.1, 0.15) is 0 Å². The number of rotatable bonds is 1. The van der Waals surface area contributed by atoms with Crippen molar-refractivity contribution >= 4 is 39.0 Å². The highest BCUT2D eigenvalue weighted by atomic mass is 35.5. The van der Waals surface area contributed by atoms with Gasteiger partial charge in [-0.15, -0.1) is 10.2 Å². The second-order valence-electron chi connectivity index (χ2n) is 3.50. The fraction of sp³-hybridized carbons (Fsp3) is 0. The van der Waals surface area contributed by atoms with Crippen LogP contribution in [0.2, 0.25) is 5.15 Å². The Kier molecular flexibility index (Phi) is 2.42. The minimum Gasteiger partial charge on any atom is -0.375 e. The van der Waals surface area contributed by atoms with Crippen LogP contribution in [0.1, 0.15) is 0 Å². The van der Waals surface area contributed by atoms with E-state index in [9.17, 15) is 0 Å². The number of benzene rings is 1. The van der Waals surface area contributed by atoms with Gasteiger partial charge in [-0.25, -0.2) is 4.98 Å². The first kappa shape index (κ1) is 10.4. The fourth-order valence-corrected chi connectivity index (χ4v) is 2.43.